The predicted octanol–water partition coefficient (Wildman–Crippen LogP) is 3.17. The zero-order chi connectivity index (χ0) is 14.9. The number of carbonyl (C=O) groups excluding carboxylic acids is 1. The molecule has 2 rings (SSSR count). The van der Waals surface area contributed by atoms with Crippen molar-refractivity contribution in [2.75, 3.05) is 18.8 Å². The lowest BCUT2D eigenvalue weighted by Crippen LogP contribution is -2.38. The van der Waals surface area contributed by atoms with E-state index in [4.69, 9.17) is 10.5 Å². The van der Waals surface area contributed by atoms with E-state index < -0.39 is 5.60 Å². The van der Waals surface area contributed by atoms with Gasteiger partial charge in [-0.25, -0.2) is 4.79 Å². The standard InChI is InChI=1S/C16H24N2O2/c1-11-10-18(15(19)20-16(2,3)4)8-7-12-5-6-13(17)9-14(11)12/h5-6,9,11H,7-8,10,17H2,1-4H3. The molecule has 1 heterocycles. The van der Waals surface area contributed by atoms with Crippen molar-refractivity contribution in [3.05, 3.63) is 29.3 Å². The van der Waals surface area contributed by atoms with Crippen molar-refractivity contribution in [1.29, 1.82) is 0 Å². The number of hydrogen-bond donors (Lipinski definition) is 1. The van der Waals surface area contributed by atoms with Gasteiger partial charge in [-0.2, -0.15) is 0 Å². The number of ether oxygens (including phenoxy) is 1. The minimum atomic E-state index is -0.454. The summed E-state index contributed by atoms with van der Waals surface area (Å²) in [6.45, 7) is 9.16. The molecule has 0 spiro atoms. The van der Waals surface area contributed by atoms with Gasteiger partial charge in [0.15, 0.2) is 0 Å². The van der Waals surface area contributed by atoms with Crippen LogP contribution in [0.5, 0.6) is 0 Å². The molecular formula is C16H24N2O2. The molecule has 4 nitrogen and oxygen atoms in total. The van der Waals surface area contributed by atoms with E-state index in [1.54, 1.807) is 4.90 Å². The topological polar surface area (TPSA) is 55.6 Å². The van der Waals surface area contributed by atoms with E-state index in [2.05, 4.69) is 13.0 Å². The molecule has 20 heavy (non-hydrogen) atoms. The second kappa shape index (κ2) is 5.35. The van der Waals surface area contributed by atoms with Crippen LogP contribution in [0.25, 0.3) is 0 Å². The van der Waals surface area contributed by atoms with Crippen molar-refractivity contribution in [2.45, 2.75) is 45.6 Å². The van der Waals surface area contributed by atoms with E-state index >= 15 is 0 Å². The van der Waals surface area contributed by atoms with Gasteiger partial charge in [-0.15, -0.1) is 0 Å². The number of nitrogen functional groups attached to an aromatic ring is 1. The average Bonchev–Trinajstić information content (AvgIpc) is 2.47. The maximum absolute atomic E-state index is 12.2. The summed E-state index contributed by atoms with van der Waals surface area (Å²) in [5.41, 5.74) is 8.71. The largest absolute Gasteiger partial charge is 0.444 e. The Bertz CT molecular complexity index is 506. The van der Waals surface area contributed by atoms with Gasteiger partial charge in [-0.3, -0.25) is 0 Å². The molecule has 0 aromatic heterocycles. The third-order valence-corrected chi connectivity index (χ3v) is 3.50. The minimum Gasteiger partial charge on any atom is -0.444 e. The highest BCUT2D eigenvalue weighted by molar-refractivity contribution is 5.68. The molecule has 0 saturated carbocycles. The van der Waals surface area contributed by atoms with Crippen LogP contribution < -0.4 is 5.73 Å². The molecule has 1 atom stereocenters. The number of fused-ring (bicyclic) bond motifs is 1. The fourth-order valence-electron chi connectivity index (χ4n) is 2.57. The molecule has 1 unspecified atom stereocenters. The first-order chi connectivity index (χ1) is 9.26. The highest BCUT2D eigenvalue weighted by Gasteiger charge is 2.27. The Morgan fingerprint density at radius 1 is 1.40 bits per heavy atom. The molecule has 1 aromatic carbocycles. The molecule has 4 heteroatoms. The van der Waals surface area contributed by atoms with Gasteiger partial charge in [0.05, 0.1) is 0 Å². The normalized spacial score (nSPS) is 19.2. The van der Waals surface area contributed by atoms with Crippen LogP contribution in [0, 0.1) is 0 Å². The van der Waals surface area contributed by atoms with Crippen molar-refractivity contribution in [3.63, 3.8) is 0 Å². The van der Waals surface area contributed by atoms with Gasteiger partial charge in [0.1, 0.15) is 5.60 Å². The van der Waals surface area contributed by atoms with Crippen LogP contribution in [0.4, 0.5) is 10.5 Å². The number of carbonyl (C=O) groups is 1. The fourth-order valence-corrected chi connectivity index (χ4v) is 2.57. The molecule has 0 radical (unpaired) electrons. The van der Waals surface area contributed by atoms with Gasteiger partial charge in [0.25, 0.3) is 0 Å². The highest BCUT2D eigenvalue weighted by Crippen LogP contribution is 2.27. The molecule has 0 bridgehead atoms. The van der Waals surface area contributed by atoms with Crippen LogP contribution in [0.3, 0.4) is 0 Å². The molecule has 0 aliphatic carbocycles. The Balaban J connectivity index is 2.15. The minimum absolute atomic E-state index is 0.231. The maximum Gasteiger partial charge on any atom is 0.410 e. The van der Waals surface area contributed by atoms with Crippen LogP contribution in [0.2, 0.25) is 0 Å². The lowest BCUT2D eigenvalue weighted by molar-refractivity contribution is 0.0248. The summed E-state index contributed by atoms with van der Waals surface area (Å²) in [4.78, 5) is 14.0. The SMILES string of the molecule is CC1CN(C(=O)OC(C)(C)C)CCc2ccc(N)cc21. The Kier molecular flexibility index (Phi) is 3.93. The Hall–Kier alpha value is -1.71. The van der Waals surface area contributed by atoms with Gasteiger partial charge >= 0.3 is 6.09 Å². The molecule has 1 aliphatic heterocycles. The van der Waals surface area contributed by atoms with Crippen molar-refractivity contribution in [2.24, 2.45) is 0 Å². The Labute approximate surface area is 120 Å². The van der Waals surface area contributed by atoms with Gasteiger partial charge < -0.3 is 15.4 Å². The number of anilines is 1. The molecule has 0 fully saturated rings. The van der Waals surface area contributed by atoms with E-state index in [9.17, 15) is 4.79 Å². The first-order valence-corrected chi connectivity index (χ1v) is 7.12. The second-order valence-corrected chi connectivity index (χ2v) is 6.54. The quantitative estimate of drug-likeness (QED) is 0.740. The average molecular weight is 276 g/mol. The van der Waals surface area contributed by atoms with Crippen molar-refractivity contribution < 1.29 is 9.53 Å². The monoisotopic (exact) mass is 276 g/mol. The summed E-state index contributed by atoms with van der Waals surface area (Å²) < 4.78 is 5.47. The molecule has 1 aliphatic rings. The van der Waals surface area contributed by atoms with Gasteiger partial charge in [0.2, 0.25) is 0 Å². The summed E-state index contributed by atoms with van der Waals surface area (Å²) in [7, 11) is 0. The number of hydrogen-bond acceptors (Lipinski definition) is 3. The first kappa shape index (κ1) is 14.7. The fraction of sp³-hybridized carbons (Fsp3) is 0.562. The number of benzene rings is 1. The smallest absolute Gasteiger partial charge is 0.410 e. The van der Waals surface area contributed by atoms with Crippen LogP contribution in [-0.2, 0) is 11.2 Å². The van der Waals surface area contributed by atoms with Crippen LogP contribution in [0.1, 0.15) is 44.7 Å². The molecule has 1 aromatic rings. The van der Waals surface area contributed by atoms with Crippen LogP contribution in [-0.4, -0.2) is 29.7 Å². The summed E-state index contributed by atoms with van der Waals surface area (Å²) in [5.74, 6) is 0.267. The van der Waals surface area contributed by atoms with E-state index in [0.717, 1.165) is 12.1 Å². The van der Waals surface area contributed by atoms with Crippen molar-refractivity contribution in [1.82, 2.24) is 4.90 Å². The first-order valence-electron chi connectivity index (χ1n) is 7.12. The molecule has 1 amide bonds. The summed E-state index contributed by atoms with van der Waals surface area (Å²) in [6, 6.07) is 6.02. The van der Waals surface area contributed by atoms with Gasteiger partial charge in [-0.1, -0.05) is 13.0 Å². The number of rotatable bonds is 0. The van der Waals surface area contributed by atoms with Gasteiger partial charge in [-0.05, 0) is 56.4 Å². The predicted molar refractivity (Wildman–Crippen MR) is 80.8 cm³/mol. The lowest BCUT2D eigenvalue weighted by atomic mass is 9.95. The third-order valence-electron chi connectivity index (χ3n) is 3.50. The zero-order valence-corrected chi connectivity index (χ0v) is 12.8. The van der Waals surface area contributed by atoms with Gasteiger partial charge in [0, 0.05) is 18.8 Å². The number of nitrogens with zero attached hydrogens (tertiary/aromatic N) is 1. The lowest BCUT2D eigenvalue weighted by Gasteiger charge is -2.27. The third kappa shape index (κ3) is 3.44. The van der Waals surface area contributed by atoms with E-state index in [-0.39, 0.29) is 12.0 Å². The van der Waals surface area contributed by atoms with E-state index in [1.807, 2.05) is 32.9 Å². The Morgan fingerprint density at radius 2 is 2.10 bits per heavy atom. The molecule has 2 N–H and O–H groups in total. The maximum atomic E-state index is 12.2. The van der Waals surface area contributed by atoms with E-state index in [0.29, 0.717) is 13.1 Å². The Morgan fingerprint density at radius 3 is 2.75 bits per heavy atom. The molecule has 0 saturated heterocycles. The number of amides is 1. The number of nitrogens with two attached hydrogens (primary N) is 1. The molecular weight excluding hydrogens is 252 g/mol. The summed E-state index contributed by atoms with van der Waals surface area (Å²) in [6.07, 6.45) is 0.615. The zero-order valence-electron chi connectivity index (χ0n) is 12.8. The van der Waals surface area contributed by atoms with Crippen LogP contribution in [0.15, 0.2) is 18.2 Å². The second-order valence-electron chi connectivity index (χ2n) is 6.54. The summed E-state index contributed by atoms with van der Waals surface area (Å²) >= 11 is 0. The highest BCUT2D eigenvalue weighted by atomic mass is 16.6. The van der Waals surface area contributed by atoms with E-state index in [1.165, 1.54) is 11.1 Å². The van der Waals surface area contributed by atoms with Crippen molar-refractivity contribution >= 4 is 11.8 Å². The molecule has 110 valence electrons. The van der Waals surface area contributed by atoms with Crippen LogP contribution >= 0.6 is 0 Å². The van der Waals surface area contributed by atoms with Crippen molar-refractivity contribution in [3.8, 4) is 0 Å². The summed E-state index contributed by atoms with van der Waals surface area (Å²) in [5, 5.41) is 0.